The SMILES string of the molecule is CC(CN)CNc1coc2ccccc12. The summed E-state index contributed by atoms with van der Waals surface area (Å²) in [6, 6.07) is 7.99. The summed E-state index contributed by atoms with van der Waals surface area (Å²) < 4.78 is 5.42. The Kier molecular flexibility index (Phi) is 2.92. The zero-order valence-corrected chi connectivity index (χ0v) is 8.86. The van der Waals surface area contributed by atoms with Crippen LogP contribution in [0.5, 0.6) is 0 Å². The second kappa shape index (κ2) is 4.36. The van der Waals surface area contributed by atoms with Crippen LogP contribution >= 0.6 is 0 Å². The molecule has 3 nitrogen and oxygen atoms in total. The highest BCUT2D eigenvalue weighted by atomic mass is 16.3. The Morgan fingerprint density at radius 1 is 1.40 bits per heavy atom. The molecule has 1 atom stereocenters. The van der Waals surface area contributed by atoms with Crippen LogP contribution in [0.3, 0.4) is 0 Å². The van der Waals surface area contributed by atoms with Gasteiger partial charge in [-0.25, -0.2) is 0 Å². The van der Waals surface area contributed by atoms with Crippen LogP contribution in [0.25, 0.3) is 11.0 Å². The number of fused-ring (bicyclic) bond motifs is 1. The van der Waals surface area contributed by atoms with E-state index in [-0.39, 0.29) is 0 Å². The number of benzene rings is 1. The van der Waals surface area contributed by atoms with E-state index in [0.717, 1.165) is 23.2 Å². The minimum atomic E-state index is 0.471. The highest BCUT2D eigenvalue weighted by molar-refractivity contribution is 5.90. The zero-order chi connectivity index (χ0) is 10.7. The first-order valence-electron chi connectivity index (χ1n) is 5.21. The molecule has 1 aromatic carbocycles. The van der Waals surface area contributed by atoms with E-state index in [1.165, 1.54) is 0 Å². The second-order valence-corrected chi connectivity index (χ2v) is 3.87. The highest BCUT2D eigenvalue weighted by Crippen LogP contribution is 2.25. The number of anilines is 1. The van der Waals surface area contributed by atoms with Crippen LogP contribution in [0.2, 0.25) is 0 Å². The number of hydrogen-bond acceptors (Lipinski definition) is 3. The molecule has 2 rings (SSSR count). The van der Waals surface area contributed by atoms with Gasteiger partial charge in [-0.05, 0) is 24.6 Å². The van der Waals surface area contributed by atoms with E-state index in [9.17, 15) is 0 Å². The molecule has 1 heterocycles. The summed E-state index contributed by atoms with van der Waals surface area (Å²) in [5.74, 6) is 0.471. The summed E-state index contributed by atoms with van der Waals surface area (Å²) in [5.41, 5.74) is 7.52. The Hall–Kier alpha value is -1.48. The lowest BCUT2D eigenvalue weighted by Crippen LogP contribution is -2.19. The van der Waals surface area contributed by atoms with Gasteiger partial charge in [-0.3, -0.25) is 0 Å². The Bertz CT molecular complexity index is 436. The van der Waals surface area contributed by atoms with Gasteiger partial charge in [0, 0.05) is 11.9 Å². The molecule has 0 bridgehead atoms. The topological polar surface area (TPSA) is 51.2 Å². The number of para-hydroxylation sites is 1. The van der Waals surface area contributed by atoms with Gasteiger partial charge in [0.15, 0.2) is 0 Å². The Balaban J connectivity index is 2.14. The molecule has 3 heteroatoms. The van der Waals surface area contributed by atoms with Crippen molar-refractivity contribution in [1.29, 1.82) is 0 Å². The monoisotopic (exact) mass is 204 g/mol. The Labute approximate surface area is 89.3 Å². The number of rotatable bonds is 4. The van der Waals surface area contributed by atoms with Gasteiger partial charge in [0.1, 0.15) is 11.8 Å². The third kappa shape index (κ3) is 2.13. The van der Waals surface area contributed by atoms with Gasteiger partial charge in [0.2, 0.25) is 0 Å². The maximum atomic E-state index is 5.56. The van der Waals surface area contributed by atoms with Crippen molar-refractivity contribution < 1.29 is 4.42 Å². The van der Waals surface area contributed by atoms with Crippen molar-refractivity contribution in [1.82, 2.24) is 0 Å². The molecule has 0 saturated carbocycles. The molecule has 15 heavy (non-hydrogen) atoms. The van der Waals surface area contributed by atoms with Crippen LogP contribution < -0.4 is 11.1 Å². The van der Waals surface area contributed by atoms with Gasteiger partial charge >= 0.3 is 0 Å². The number of nitrogens with one attached hydrogen (secondary N) is 1. The van der Waals surface area contributed by atoms with Crippen molar-refractivity contribution in [2.45, 2.75) is 6.92 Å². The van der Waals surface area contributed by atoms with E-state index >= 15 is 0 Å². The van der Waals surface area contributed by atoms with Crippen molar-refractivity contribution >= 4 is 16.7 Å². The average Bonchev–Trinajstić information content (AvgIpc) is 2.69. The maximum absolute atomic E-state index is 5.56. The van der Waals surface area contributed by atoms with Crippen LogP contribution in [-0.4, -0.2) is 13.1 Å². The van der Waals surface area contributed by atoms with Gasteiger partial charge in [0.25, 0.3) is 0 Å². The molecule has 0 aliphatic carbocycles. The van der Waals surface area contributed by atoms with E-state index in [1.807, 2.05) is 24.3 Å². The minimum absolute atomic E-state index is 0.471. The first-order chi connectivity index (χ1) is 7.31. The fraction of sp³-hybridized carbons (Fsp3) is 0.333. The van der Waals surface area contributed by atoms with Crippen LogP contribution in [-0.2, 0) is 0 Å². The van der Waals surface area contributed by atoms with Crippen LogP contribution in [0.15, 0.2) is 34.9 Å². The molecule has 0 aliphatic heterocycles. The third-order valence-corrected chi connectivity index (χ3v) is 2.52. The van der Waals surface area contributed by atoms with Crippen LogP contribution in [0.1, 0.15) is 6.92 Å². The van der Waals surface area contributed by atoms with Gasteiger partial charge < -0.3 is 15.5 Å². The Morgan fingerprint density at radius 3 is 3.00 bits per heavy atom. The summed E-state index contributed by atoms with van der Waals surface area (Å²) >= 11 is 0. The van der Waals surface area contributed by atoms with Gasteiger partial charge in [-0.1, -0.05) is 19.1 Å². The van der Waals surface area contributed by atoms with Crippen LogP contribution in [0, 0.1) is 5.92 Å². The number of furan rings is 1. The summed E-state index contributed by atoms with van der Waals surface area (Å²) in [4.78, 5) is 0. The lowest BCUT2D eigenvalue weighted by Gasteiger charge is -2.09. The maximum Gasteiger partial charge on any atom is 0.136 e. The van der Waals surface area contributed by atoms with Gasteiger partial charge in [0.05, 0.1) is 5.69 Å². The van der Waals surface area contributed by atoms with Crippen molar-refractivity contribution in [2.24, 2.45) is 11.7 Å². The van der Waals surface area contributed by atoms with E-state index in [0.29, 0.717) is 12.5 Å². The lowest BCUT2D eigenvalue weighted by atomic mass is 10.2. The summed E-state index contributed by atoms with van der Waals surface area (Å²) in [5, 5.41) is 4.47. The molecule has 80 valence electrons. The third-order valence-electron chi connectivity index (χ3n) is 2.52. The molecule has 0 saturated heterocycles. The van der Waals surface area contributed by atoms with Crippen molar-refractivity contribution in [2.75, 3.05) is 18.4 Å². The predicted octanol–water partition coefficient (Wildman–Crippen LogP) is 2.44. The van der Waals surface area contributed by atoms with E-state index in [1.54, 1.807) is 6.26 Å². The molecule has 3 N–H and O–H groups in total. The van der Waals surface area contributed by atoms with E-state index < -0.39 is 0 Å². The van der Waals surface area contributed by atoms with E-state index in [2.05, 4.69) is 12.2 Å². The van der Waals surface area contributed by atoms with Gasteiger partial charge in [-0.15, -0.1) is 0 Å². The average molecular weight is 204 g/mol. The second-order valence-electron chi connectivity index (χ2n) is 3.87. The standard InChI is InChI=1S/C12H16N2O/c1-9(6-13)7-14-11-8-15-12-5-3-2-4-10(11)12/h2-5,8-9,14H,6-7,13H2,1H3. The van der Waals surface area contributed by atoms with Gasteiger partial charge in [-0.2, -0.15) is 0 Å². The number of nitrogens with two attached hydrogens (primary N) is 1. The fourth-order valence-electron chi connectivity index (χ4n) is 1.48. The molecule has 2 aromatic rings. The van der Waals surface area contributed by atoms with Crippen molar-refractivity contribution in [3.63, 3.8) is 0 Å². The van der Waals surface area contributed by atoms with Crippen molar-refractivity contribution in [3.05, 3.63) is 30.5 Å². The summed E-state index contributed by atoms with van der Waals surface area (Å²) in [6.45, 7) is 3.69. The molecular weight excluding hydrogens is 188 g/mol. The summed E-state index contributed by atoms with van der Waals surface area (Å²) in [7, 11) is 0. The molecule has 0 fully saturated rings. The molecule has 0 amide bonds. The predicted molar refractivity (Wildman–Crippen MR) is 62.9 cm³/mol. The Morgan fingerprint density at radius 2 is 2.20 bits per heavy atom. The molecule has 0 spiro atoms. The first kappa shape index (κ1) is 10.1. The first-order valence-corrected chi connectivity index (χ1v) is 5.21. The largest absolute Gasteiger partial charge is 0.462 e. The molecule has 1 unspecified atom stereocenters. The highest BCUT2D eigenvalue weighted by Gasteiger charge is 2.05. The fourth-order valence-corrected chi connectivity index (χ4v) is 1.48. The lowest BCUT2D eigenvalue weighted by molar-refractivity contribution is 0.610. The molecule has 0 radical (unpaired) electrons. The normalized spacial score (nSPS) is 12.9. The zero-order valence-electron chi connectivity index (χ0n) is 8.86. The molecule has 0 aliphatic rings. The van der Waals surface area contributed by atoms with Crippen LogP contribution in [0.4, 0.5) is 5.69 Å². The van der Waals surface area contributed by atoms with Crippen molar-refractivity contribution in [3.8, 4) is 0 Å². The summed E-state index contributed by atoms with van der Waals surface area (Å²) in [6.07, 6.45) is 1.76. The molecule has 1 aromatic heterocycles. The minimum Gasteiger partial charge on any atom is -0.462 e. The molecular formula is C12H16N2O. The number of hydrogen-bond donors (Lipinski definition) is 2. The quantitative estimate of drug-likeness (QED) is 0.804. The smallest absolute Gasteiger partial charge is 0.136 e. The van der Waals surface area contributed by atoms with E-state index in [4.69, 9.17) is 10.2 Å².